The molecule has 0 spiro atoms. The number of carbonyl (C=O) groups is 5. The zero-order valence-electron chi connectivity index (χ0n) is 36.9. The van der Waals surface area contributed by atoms with Crippen LogP contribution in [0, 0.1) is 18.4 Å². The highest BCUT2D eigenvalue weighted by Crippen LogP contribution is 2.67. The van der Waals surface area contributed by atoms with E-state index in [4.69, 9.17) is 15.6 Å². The molecule has 0 aliphatic carbocycles. The Kier molecular flexibility index (Phi) is 17.3. The molecule has 3 amide bonds. The molecule has 3 fully saturated rings. The normalized spacial score (nSPS) is 21.6. The number of fused-ring (bicyclic) bond motifs is 2. The van der Waals surface area contributed by atoms with Crippen LogP contribution in [-0.4, -0.2) is 105 Å². The van der Waals surface area contributed by atoms with Gasteiger partial charge in [0.05, 0.1) is 30.6 Å². The Morgan fingerprint density at radius 2 is 1.60 bits per heavy atom. The highest BCUT2D eigenvalue weighted by Gasteiger charge is 2.55. The summed E-state index contributed by atoms with van der Waals surface area (Å²) in [5.74, 6) is -1.46. The first-order chi connectivity index (χ1) is 30.9. The third-order valence-electron chi connectivity index (χ3n) is 11.7. The number of carbonyl (C=O) groups excluding carboxylic acids is 5. The highest BCUT2D eigenvalue weighted by molar-refractivity contribution is 8.13. The number of amides is 3. The Hall–Kier alpha value is -3.92. The number of thioether (sulfide) groups is 2. The van der Waals surface area contributed by atoms with E-state index in [0.29, 0.717) is 42.4 Å². The largest absolute Gasteiger partial charge is 0.404 e. The Morgan fingerprint density at radius 1 is 0.938 bits per heavy atom. The van der Waals surface area contributed by atoms with Gasteiger partial charge in [-0.05, 0) is 72.7 Å². The standard InChI is InChI=1S/C45H56F2N5O9PS3/c1-27(2)20-40(54)63-18-16-60-62(59,61-17-19-64-41(55)21-28(3)4)45(46,47)31-10-13-37-30(22-31)23-38(65-37)42(56)50-34-9-7-6-8-32-11-12-36(52(32)43(34)57)44(58)51-25-33(35(26-51)48-5)29-14-15-49-39(53)24-29/h10,13-15,22-24,27-28,32-36H,6-9,11-12,16-21,25-26H2,1-4H3,(H,49,53)(H,50,56)/t32-,33-,34-,35+,36-/m0/s1. The van der Waals surface area contributed by atoms with Crippen LogP contribution in [0.3, 0.4) is 0 Å². The van der Waals surface area contributed by atoms with Gasteiger partial charge in [0.25, 0.3) is 5.91 Å². The molecule has 352 valence electrons. The molecule has 20 heteroatoms. The fourth-order valence-corrected chi connectivity index (χ4v) is 13.0. The predicted octanol–water partition coefficient (Wildman–Crippen LogP) is 8.42. The summed E-state index contributed by atoms with van der Waals surface area (Å²) in [6, 6.07) is 5.70. The van der Waals surface area contributed by atoms with Crippen molar-refractivity contribution in [2.75, 3.05) is 37.8 Å². The SMILES string of the molecule is [C-]#[N+][C@@H]1CN(C(=O)[C@@H]2CC[C@@H]3CCCC[C@H](NC(=O)c4cc5cc(C(F)(F)P(=O)(OCCSC(=O)CC(C)C)OCCSC(=O)CC(C)C)ccc5s4)C(=O)N32)C[C@H]1c1cc[nH]c(=O)c1. The summed E-state index contributed by atoms with van der Waals surface area (Å²) >= 11 is 2.82. The first-order valence-corrected chi connectivity index (χ1v) is 26.3. The summed E-state index contributed by atoms with van der Waals surface area (Å²) in [6.07, 6.45) is 5.59. The molecular weight excluding hydrogens is 920 g/mol. The maximum atomic E-state index is 16.4. The van der Waals surface area contributed by atoms with Crippen LogP contribution in [0.15, 0.2) is 47.4 Å². The first-order valence-electron chi connectivity index (χ1n) is 22.0. The lowest BCUT2D eigenvalue weighted by molar-refractivity contribution is -0.146. The number of alkyl halides is 2. The second kappa shape index (κ2) is 22.3. The topological polar surface area (TPSA) is 177 Å². The van der Waals surface area contributed by atoms with Gasteiger partial charge in [0.1, 0.15) is 12.1 Å². The molecule has 5 atom stereocenters. The fraction of sp³-hybridized carbons (Fsp3) is 0.578. The number of hydrogen-bond acceptors (Lipinski definition) is 12. The zero-order valence-corrected chi connectivity index (χ0v) is 40.3. The summed E-state index contributed by atoms with van der Waals surface area (Å²) in [6.45, 7) is 14.8. The van der Waals surface area contributed by atoms with Crippen molar-refractivity contribution in [1.29, 1.82) is 0 Å². The second-order valence-corrected chi connectivity index (χ2v) is 23.0. The van der Waals surface area contributed by atoms with Crippen LogP contribution in [-0.2, 0) is 38.5 Å². The van der Waals surface area contributed by atoms with Gasteiger partial charge in [0, 0.05) is 59.5 Å². The van der Waals surface area contributed by atoms with Crippen LogP contribution in [0.1, 0.15) is 106 Å². The van der Waals surface area contributed by atoms with Gasteiger partial charge in [0.15, 0.2) is 10.2 Å². The highest BCUT2D eigenvalue weighted by atomic mass is 32.2. The van der Waals surface area contributed by atoms with Gasteiger partial charge in [-0.3, -0.25) is 33.3 Å². The van der Waals surface area contributed by atoms with Gasteiger partial charge in [-0.1, -0.05) is 70.1 Å². The van der Waals surface area contributed by atoms with E-state index in [2.05, 4.69) is 15.1 Å². The molecule has 3 aliphatic heterocycles. The summed E-state index contributed by atoms with van der Waals surface area (Å²) in [5.41, 5.74) is -4.47. The average molecular weight is 976 g/mol. The molecule has 3 saturated heterocycles. The van der Waals surface area contributed by atoms with Gasteiger partial charge in [0.2, 0.25) is 23.4 Å². The molecule has 2 aromatic heterocycles. The number of thiophene rings is 1. The molecule has 2 N–H and O–H groups in total. The van der Waals surface area contributed by atoms with E-state index in [1.807, 2.05) is 27.7 Å². The van der Waals surface area contributed by atoms with Crippen molar-refractivity contribution >= 4 is 80.5 Å². The van der Waals surface area contributed by atoms with Crippen LogP contribution in [0.2, 0.25) is 0 Å². The minimum absolute atomic E-state index is 0.0288. The minimum atomic E-state index is -5.25. The molecule has 0 bridgehead atoms. The van der Waals surface area contributed by atoms with Gasteiger partial charge in [-0.15, -0.1) is 11.3 Å². The lowest BCUT2D eigenvalue weighted by Crippen LogP contribution is -2.56. The Balaban J connectivity index is 1.15. The summed E-state index contributed by atoms with van der Waals surface area (Å²) in [7, 11) is -5.25. The van der Waals surface area contributed by atoms with Gasteiger partial charge in [-0.2, -0.15) is 8.78 Å². The number of pyridine rings is 1. The number of H-pyrrole nitrogens is 1. The van der Waals surface area contributed by atoms with E-state index in [-0.39, 0.29) is 99.1 Å². The molecule has 0 radical (unpaired) electrons. The predicted molar refractivity (Wildman–Crippen MR) is 249 cm³/mol. The molecule has 6 rings (SSSR count). The molecular formula is C45H56F2N5O9PS3. The number of rotatable bonds is 18. The smallest absolute Gasteiger partial charge is 0.340 e. The summed E-state index contributed by atoms with van der Waals surface area (Å²) in [4.78, 5) is 88.6. The monoisotopic (exact) mass is 975 g/mol. The molecule has 1 aromatic carbocycles. The van der Waals surface area contributed by atoms with E-state index < -0.39 is 56.1 Å². The van der Waals surface area contributed by atoms with Crippen LogP contribution >= 0.6 is 42.5 Å². The molecule has 3 aromatic rings. The first kappa shape index (κ1) is 50.5. The summed E-state index contributed by atoms with van der Waals surface area (Å²) in [5, 5.41) is 2.82. The number of halogens is 2. The quantitative estimate of drug-likeness (QED) is 0.0711. The van der Waals surface area contributed by atoms with Crippen molar-refractivity contribution in [1.82, 2.24) is 20.1 Å². The van der Waals surface area contributed by atoms with Crippen molar-refractivity contribution in [3.8, 4) is 0 Å². The average Bonchev–Trinajstić information content (AvgIpc) is 4.00. The summed E-state index contributed by atoms with van der Waals surface area (Å²) < 4.78 is 58.1. The van der Waals surface area contributed by atoms with E-state index >= 15 is 8.78 Å². The van der Waals surface area contributed by atoms with E-state index in [9.17, 15) is 33.3 Å². The number of nitrogens with one attached hydrogen (secondary N) is 2. The lowest BCUT2D eigenvalue weighted by Gasteiger charge is -2.36. The third kappa shape index (κ3) is 12.4. The van der Waals surface area contributed by atoms with E-state index in [0.717, 1.165) is 53.4 Å². The van der Waals surface area contributed by atoms with Gasteiger partial charge >= 0.3 is 13.3 Å². The molecule has 3 aliphatic rings. The van der Waals surface area contributed by atoms with Crippen molar-refractivity contribution in [2.24, 2.45) is 11.8 Å². The zero-order chi connectivity index (χ0) is 47.1. The Labute approximate surface area is 390 Å². The Bertz CT molecular complexity index is 2350. The molecule has 65 heavy (non-hydrogen) atoms. The molecule has 14 nitrogen and oxygen atoms in total. The fourth-order valence-electron chi connectivity index (χ4n) is 8.58. The van der Waals surface area contributed by atoms with E-state index in [1.54, 1.807) is 15.9 Å². The molecule has 0 unspecified atom stereocenters. The Morgan fingerprint density at radius 3 is 2.23 bits per heavy atom. The van der Waals surface area contributed by atoms with Crippen molar-refractivity contribution < 1.29 is 46.4 Å². The number of benzene rings is 1. The molecule has 5 heterocycles. The number of aromatic nitrogens is 1. The molecule has 0 saturated carbocycles. The number of nitrogens with zero attached hydrogens (tertiary/aromatic N) is 3. The maximum absolute atomic E-state index is 16.4. The lowest BCUT2D eigenvalue weighted by atomic mass is 9.96. The van der Waals surface area contributed by atoms with Crippen molar-refractivity contribution in [3.05, 3.63) is 80.4 Å². The minimum Gasteiger partial charge on any atom is -0.340 e. The number of hydrogen-bond donors (Lipinski definition) is 2. The van der Waals surface area contributed by atoms with E-state index in [1.165, 1.54) is 24.4 Å². The van der Waals surface area contributed by atoms with Crippen LogP contribution in [0.5, 0.6) is 0 Å². The van der Waals surface area contributed by atoms with Gasteiger partial charge < -0.3 is 34.0 Å². The third-order valence-corrected chi connectivity index (χ3v) is 16.5. The van der Waals surface area contributed by atoms with Crippen LogP contribution in [0.25, 0.3) is 14.9 Å². The number of aromatic amines is 1. The van der Waals surface area contributed by atoms with Crippen molar-refractivity contribution in [3.63, 3.8) is 0 Å². The van der Waals surface area contributed by atoms with Crippen molar-refractivity contribution in [2.45, 2.75) is 115 Å². The second-order valence-electron chi connectivity index (χ2n) is 17.5. The number of likely N-dealkylation sites (tertiary alicyclic amines) is 1. The van der Waals surface area contributed by atoms with Gasteiger partial charge in [-0.25, -0.2) is 6.57 Å². The van der Waals surface area contributed by atoms with Crippen LogP contribution < -0.4 is 10.9 Å². The van der Waals surface area contributed by atoms with Crippen LogP contribution in [0.4, 0.5) is 8.78 Å². The maximum Gasteiger partial charge on any atom is 0.404 e.